The minimum Gasteiger partial charge on any atom is -0.469 e. The van der Waals surface area contributed by atoms with Crippen molar-refractivity contribution in [1.82, 2.24) is 0 Å². The van der Waals surface area contributed by atoms with E-state index in [4.69, 9.17) is 18.9 Å². The van der Waals surface area contributed by atoms with Crippen molar-refractivity contribution in [2.24, 2.45) is 39.9 Å². The van der Waals surface area contributed by atoms with E-state index in [0.717, 1.165) is 25.7 Å². The Morgan fingerprint density at radius 1 is 1.03 bits per heavy atom. The van der Waals surface area contributed by atoms with Crippen molar-refractivity contribution in [1.29, 1.82) is 0 Å². The van der Waals surface area contributed by atoms with Gasteiger partial charge in [-0.15, -0.1) is 0 Å². The average molecular weight is 423 g/mol. The molecule has 4 aliphatic rings. The maximum absolute atomic E-state index is 12.7. The summed E-state index contributed by atoms with van der Waals surface area (Å²) in [4.78, 5) is 25.0. The van der Waals surface area contributed by atoms with Crippen LogP contribution in [-0.2, 0) is 28.5 Å². The van der Waals surface area contributed by atoms with Gasteiger partial charge in [0.2, 0.25) is 0 Å². The first-order valence-electron chi connectivity index (χ1n) is 11.5. The summed E-state index contributed by atoms with van der Waals surface area (Å²) < 4.78 is 23.4. The molecule has 1 heterocycles. The van der Waals surface area contributed by atoms with Gasteiger partial charge in [0.05, 0.1) is 25.0 Å². The van der Waals surface area contributed by atoms with Crippen LogP contribution in [0.25, 0.3) is 0 Å². The summed E-state index contributed by atoms with van der Waals surface area (Å²) in [5, 5.41) is 0. The Hall–Kier alpha value is -1.14. The molecule has 4 fully saturated rings. The van der Waals surface area contributed by atoms with Crippen LogP contribution in [0.15, 0.2) is 0 Å². The van der Waals surface area contributed by atoms with Crippen molar-refractivity contribution >= 4 is 11.9 Å². The molecule has 2 unspecified atom stereocenters. The topological polar surface area (TPSA) is 71.1 Å². The van der Waals surface area contributed by atoms with Crippen molar-refractivity contribution < 1.29 is 28.5 Å². The highest BCUT2D eigenvalue weighted by molar-refractivity contribution is 5.73. The number of ether oxygens (including phenoxy) is 4. The van der Waals surface area contributed by atoms with Crippen molar-refractivity contribution in [2.75, 3.05) is 20.8 Å². The fourth-order valence-electron chi connectivity index (χ4n) is 8.50. The van der Waals surface area contributed by atoms with Crippen LogP contribution >= 0.6 is 0 Å². The van der Waals surface area contributed by atoms with Crippen LogP contribution in [0.1, 0.15) is 66.2 Å². The van der Waals surface area contributed by atoms with Gasteiger partial charge in [-0.1, -0.05) is 27.2 Å². The van der Waals surface area contributed by atoms with Gasteiger partial charge in [-0.2, -0.15) is 0 Å². The highest BCUT2D eigenvalue weighted by Crippen LogP contribution is 2.72. The molecule has 0 bridgehead atoms. The number of methoxy groups -OCH3 is 2. The van der Waals surface area contributed by atoms with Crippen LogP contribution in [-0.4, -0.2) is 45.2 Å². The molecule has 3 aliphatic carbocycles. The minimum absolute atomic E-state index is 0.0687. The van der Waals surface area contributed by atoms with Gasteiger partial charge in [-0.3, -0.25) is 9.59 Å². The number of fused-ring (bicyclic) bond motifs is 2. The summed E-state index contributed by atoms with van der Waals surface area (Å²) in [6, 6.07) is 0. The Kier molecular flexibility index (Phi) is 5.50. The maximum atomic E-state index is 12.7. The Bertz CT molecular complexity index is 704. The first-order valence-corrected chi connectivity index (χ1v) is 11.5. The second kappa shape index (κ2) is 7.47. The largest absolute Gasteiger partial charge is 0.469 e. The van der Waals surface area contributed by atoms with Gasteiger partial charge < -0.3 is 18.9 Å². The van der Waals surface area contributed by atoms with Crippen LogP contribution in [0.3, 0.4) is 0 Å². The highest BCUT2D eigenvalue weighted by atomic mass is 16.7. The number of hydrogen-bond donors (Lipinski definition) is 0. The van der Waals surface area contributed by atoms with E-state index >= 15 is 0 Å². The van der Waals surface area contributed by atoms with Crippen LogP contribution in [0, 0.1) is 39.9 Å². The highest BCUT2D eigenvalue weighted by Gasteiger charge is 2.74. The molecule has 6 nitrogen and oxygen atoms in total. The zero-order chi connectivity index (χ0) is 21.9. The molecule has 1 saturated heterocycles. The van der Waals surface area contributed by atoms with E-state index in [1.54, 1.807) is 7.11 Å². The molecule has 0 radical (unpaired) electrons. The summed E-state index contributed by atoms with van der Waals surface area (Å²) in [6.07, 6.45) is 5.25. The average Bonchev–Trinajstić information content (AvgIpc) is 3.07. The summed E-state index contributed by atoms with van der Waals surface area (Å²) in [5.41, 5.74) is -0.234. The fourth-order valence-corrected chi connectivity index (χ4v) is 8.50. The van der Waals surface area contributed by atoms with E-state index in [-0.39, 0.29) is 46.6 Å². The van der Waals surface area contributed by atoms with Gasteiger partial charge in [0.15, 0.2) is 6.29 Å². The molecule has 0 aromatic rings. The SMILES string of the molecule is COC(=O)[C@@H]1CCC2[C@@]3(C)CCCC(C)(C)C3C[C@@H](OC(C)=O)[C@]23[C@@H](OC)OC[C@H]13. The molecule has 30 heavy (non-hydrogen) atoms. The lowest BCUT2D eigenvalue weighted by atomic mass is 9.37. The quantitative estimate of drug-likeness (QED) is 0.641. The molecular weight excluding hydrogens is 384 g/mol. The lowest BCUT2D eigenvalue weighted by Gasteiger charge is -2.67. The van der Waals surface area contributed by atoms with Crippen molar-refractivity contribution in [3.8, 4) is 0 Å². The second-order valence-corrected chi connectivity index (χ2v) is 11.0. The summed E-state index contributed by atoms with van der Waals surface area (Å²) in [6.45, 7) is 9.10. The number of carbonyl (C=O) groups excluding carboxylic acids is 2. The predicted molar refractivity (Wildman–Crippen MR) is 110 cm³/mol. The standard InChI is InChI=1S/C24H38O6/c1-14(25)30-19-12-18-22(2,3)10-7-11-23(18,4)17-9-8-15(20(26)27-5)16-13-29-21(28-6)24(16,17)19/h15-19,21H,7-13H2,1-6H3/t15-,16-,17?,18?,19-,21+,23-,24-/m1/s1. The van der Waals surface area contributed by atoms with Crippen LogP contribution in [0.4, 0.5) is 0 Å². The molecule has 8 atom stereocenters. The third-order valence-electron chi connectivity index (χ3n) is 9.44. The van der Waals surface area contributed by atoms with Gasteiger partial charge in [-0.05, 0) is 54.8 Å². The van der Waals surface area contributed by atoms with Crippen LogP contribution in [0.2, 0.25) is 0 Å². The first kappa shape index (κ1) is 22.1. The zero-order valence-electron chi connectivity index (χ0n) is 19.4. The smallest absolute Gasteiger partial charge is 0.309 e. The number of rotatable bonds is 3. The number of hydrogen-bond acceptors (Lipinski definition) is 6. The zero-order valence-corrected chi connectivity index (χ0v) is 19.4. The molecule has 170 valence electrons. The van der Waals surface area contributed by atoms with Gasteiger partial charge >= 0.3 is 11.9 Å². The Labute approximate surface area is 180 Å². The predicted octanol–water partition coefficient (Wildman–Crippen LogP) is 3.96. The van der Waals surface area contributed by atoms with Crippen molar-refractivity contribution in [2.45, 2.75) is 78.6 Å². The minimum atomic E-state index is -0.518. The second-order valence-electron chi connectivity index (χ2n) is 11.0. The first-order chi connectivity index (χ1) is 14.1. The summed E-state index contributed by atoms with van der Waals surface area (Å²) >= 11 is 0. The van der Waals surface area contributed by atoms with Gasteiger partial charge in [-0.25, -0.2) is 0 Å². The molecule has 0 amide bonds. The van der Waals surface area contributed by atoms with Crippen LogP contribution in [0.5, 0.6) is 0 Å². The van der Waals surface area contributed by atoms with E-state index in [0.29, 0.717) is 12.5 Å². The van der Waals surface area contributed by atoms with Crippen molar-refractivity contribution in [3.05, 3.63) is 0 Å². The molecule has 0 aromatic carbocycles. The molecular formula is C24H38O6. The van der Waals surface area contributed by atoms with E-state index in [9.17, 15) is 9.59 Å². The van der Waals surface area contributed by atoms with E-state index in [1.165, 1.54) is 26.9 Å². The van der Waals surface area contributed by atoms with Gasteiger partial charge in [0.1, 0.15) is 6.10 Å². The summed E-state index contributed by atoms with van der Waals surface area (Å²) in [5.74, 6) is -0.0535. The lowest BCUT2D eigenvalue weighted by Crippen LogP contribution is -2.68. The molecule has 6 heteroatoms. The normalized spacial score (nSPS) is 46.9. The van der Waals surface area contributed by atoms with E-state index in [1.807, 2.05) is 0 Å². The van der Waals surface area contributed by atoms with Crippen LogP contribution < -0.4 is 0 Å². The summed E-state index contributed by atoms with van der Waals surface area (Å²) in [7, 11) is 3.13. The lowest BCUT2D eigenvalue weighted by molar-refractivity contribution is -0.280. The van der Waals surface area contributed by atoms with Crippen molar-refractivity contribution in [3.63, 3.8) is 0 Å². The molecule has 4 rings (SSSR count). The van der Waals surface area contributed by atoms with Gasteiger partial charge in [0.25, 0.3) is 0 Å². The Morgan fingerprint density at radius 3 is 2.40 bits per heavy atom. The molecule has 0 aromatic heterocycles. The maximum Gasteiger partial charge on any atom is 0.309 e. The number of carbonyl (C=O) groups is 2. The molecule has 3 saturated carbocycles. The Balaban J connectivity index is 1.88. The van der Waals surface area contributed by atoms with Gasteiger partial charge in [0, 0.05) is 20.0 Å². The third-order valence-corrected chi connectivity index (χ3v) is 9.44. The number of esters is 2. The fraction of sp³-hybridized carbons (Fsp3) is 0.917. The van der Waals surface area contributed by atoms with E-state index < -0.39 is 11.7 Å². The molecule has 1 aliphatic heterocycles. The van der Waals surface area contributed by atoms with E-state index in [2.05, 4.69) is 20.8 Å². The molecule has 0 N–H and O–H groups in total. The molecule has 1 spiro atoms. The third kappa shape index (κ3) is 2.89. The Morgan fingerprint density at radius 2 is 1.77 bits per heavy atom. The monoisotopic (exact) mass is 422 g/mol.